The molecule has 0 bridgehead atoms. The van der Waals surface area contributed by atoms with E-state index in [0.717, 1.165) is 32.2 Å². The molecular formula is C16H24F2N2. The van der Waals surface area contributed by atoms with Gasteiger partial charge >= 0.3 is 0 Å². The Balaban J connectivity index is 1.91. The lowest BCUT2D eigenvalue weighted by Gasteiger charge is -2.35. The van der Waals surface area contributed by atoms with Gasteiger partial charge in [0.15, 0.2) is 0 Å². The molecular weight excluding hydrogens is 258 g/mol. The van der Waals surface area contributed by atoms with Crippen LogP contribution in [0.25, 0.3) is 0 Å². The topological polar surface area (TPSA) is 15.3 Å². The van der Waals surface area contributed by atoms with E-state index in [1.54, 1.807) is 0 Å². The molecule has 2 nitrogen and oxygen atoms in total. The third kappa shape index (κ3) is 3.76. The highest BCUT2D eigenvalue weighted by Gasteiger charge is 2.24. The summed E-state index contributed by atoms with van der Waals surface area (Å²) in [5.74, 6) is -0.892. The van der Waals surface area contributed by atoms with Gasteiger partial charge in [-0.3, -0.25) is 4.90 Å². The van der Waals surface area contributed by atoms with Crippen LogP contribution in [0.3, 0.4) is 0 Å². The first kappa shape index (κ1) is 15.4. The molecule has 0 radical (unpaired) electrons. The van der Waals surface area contributed by atoms with Crippen LogP contribution in [-0.4, -0.2) is 30.6 Å². The van der Waals surface area contributed by atoms with Crippen molar-refractivity contribution >= 4 is 0 Å². The lowest BCUT2D eigenvalue weighted by Crippen LogP contribution is -2.40. The molecule has 1 aliphatic carbocycles. The average molecular weight is 282 g/mol. The van der Waals surface area contributed by atoms with Gasteiger partial charge in [0.1, 0.15) is 11.6 Å². The van der Waals surface area contributed by atoms with Crippen molar-refractivity contribution in [2.75, 3.05) is 13.6 Å². The van der Waals surface area contributed by atoms with Crippen molar-refractivity contribution in [3.8, 4) is 0 Å². The van der Waals surface area contributed by atoms with Gasteiger partial charge in [-0.25, -0.2) is 8.78 Å². The Morgan fingerprint density at radius 3 is 2.30 bits per heavy atom. The van der Waals surface area contributed by atoms with Crippen LogP contribution in [0.5, 0.6) is 0 Å². The first-order chi connectivity index (χ1) is 9.61. The summed E-state index contributed by atoms with van der Waals surface area (Å²) in [5, 5.41) is 3.47. The smallest absolute Gasteiger partial charge is 0.130 e. The fraction of sp³-hybridized carbons (Fsp3) is 0.625. The summed E-state index contributed by atoms with van der Waals surface area (Å²) in [6.45, 7) is 3.47. The summed E-state index contributed by atoms with van der Waals surface area (Å²) in [6.07, 6.45) is 4.46. The molecule has 1 aromatic carbocycles. The van der Waals surface area contributed by atoms with Gasteiger partial charge in [-0.15, -0.1) is 0 Å². The minimum Gasteiger partial charge on any atom is -0.314 e. The zero-order valence-corrected chi connectivity index (χ0v) is 12.3. The maximum Gasteiger partial charge on any atom is 0.130 e. The third-order valence-electron chi connectivity index (χ3n) is 4.28. The van der Waals surface area contributed by atoms with Crippen LogP contribution in [0.15, 0.2) is 18.2 Å². The maximum atomic E-state index is 13.7. The lowest BCUT2D eigenvalue weighted by molar-refractivity contribution is 0.165. The second-order valence-electron chi connectivity index (χ2n) is 5.68. The van der Waals surface area contributed by atoms with Gasteiger partial charge in [0, 0.05) is 24.2 Å². The fourth-order valence-electron chi connectivity index (χ4n) is 3.07. The van der Waals surface area contributed by atoms with E-state index in [9.17, 15) is 8.78 Å². The van der Waals surface area contributed by atoms with E-state index in [1.807, 2.05) is 7.05 Å². The predicted molar refractivity (Wildman–Crippen MR) is 77.5 cm³/mol. The van der Waals surface area contributed by atoms with Gasteiger partial charge in [0.05, 0.1) is 0 Å². The van der Waals surface area contributed by atoms with E-state index >= 15 is 0 Å². The van der Waals surface area contributed by atoms with E-state index in [-0.39, 0.29) is 5.56 Å². The first-order valence-corrected chi connectivity index (χ1v) is 7.48. The molecule has 0 atom stereocenters. The molecule has 0 spiro atoms. The molecule has 2 rings (SSSR count). The monoisotopic (exact) mass is 282 g/mol. The summed E-state index contributed by atoms with van der Waals surface area (Å²) in [6, 6.07) is 5.09. The summed E-state index contributed by atoms with van der Waals surface area (Å²) < 4.78 is 27.3. The highest BCUT2D eigenvalue weighted by Crippen LogP contribution is 2.24. The summed E-state index contributed by atoms with van der Waals surface area (Å²) in [4.78, 5) is 2.09. The molecule has 0 unspecified atom stereocenters. The minimum absolute atomic E-state index is 0.184. The molecule has 1 aromatic rings. The zero-order valence-electron chi connectivity index (χ0n) is 12.3. The molecule has 1 fully saturated rings. The van der Waals surface area contributed by atoms with Crippen LogP contribution >= 0.6 is 0 Å². The number of hydrogen-bond donors (Lipinski definition) is 1. The Bertz CT molecular complexity index is 408. The fourth-order valence-corrected chi connectivity index (χ4v) is 3.07. The number of hydrogen-bond acceptors (Lipinski definition) is 2. The molecule has 0 aliphatic heterocycles. The Morgan fingerprint density at radius 2 is 1.75 bits per heavy atom. The van der Waals surface area contributed by atoms with Crippen molar-refractivity contribution in [1.82, 2.24) is 10.2 Å². The van der Waals surface area contributed by atoms with Crippen LogP contribution in [0.1, 0.15) is 38.2 Å². The maximum absolute atomic E-state index is 13.7. The quantitative estimate of drug-likeness (QED) is 0.891. The summed E-state index contributed by atoms with van der Waals surface area (Å²) >= 11 is 0. The molecule has 0 aromatic heterocycles. The summed E-state index contributed by atoms with van der Waals surface area (Å²) in [5.41, 5.74) is 0.184. The Labute approximate surface area is 120 Å². The first-order valence-electron chi connectivity index (χ1n) is 7.48. The molecule has 0 saturated heterocycles. The largest absolute Gasteiger partial charge is 0.314 e. The zero-order chi connectivity index (χ0) is 14.5. The van der Waals surface area contributed by atoms with Gasteiger partial charge in [-0.2, -0.15) is 0 Å². The molecule has 1 N–H and O–H groups in total. The van der Waals surface area contributed by atoms with Crippen LogP contribution in [0.2, 0.25) is 0 Å². The third-order valence-corrected chi connectivity index (χ3v) is 4.28. The van der Waals surface area contributed by atoms with E-state index < -0.39 is 11.6 Å². The van der Waals surface area contributed by atoms with Gasteiger partial charge in [-0.1, -0.05) is 13.0 Å². The molecule has 1 saturated carbocycles. The van der Waals surface area contributed by atoms with Crippen LogP contribution < -0.4 is 5.32 Å². The SMILES string of the molecule is CCNC1CCC(N(C)Cc2c(F)cccc2F)CC1. The van der Waals surface area contributed by atoms with Crippen molar-refractivity contribution in [2.45, 2.75) is 51.2 Å². The molecule has 1 aliphatic rings. The Morgan fingerprint density at radius 1 is 1.15 bits per heavy atom. The second-order valence-corrected chi connectivity index (χ2v) is 5.68. The van der Waals surface area contributed by atoms with Gasteiger partial charge in [-0.05, 0) is 51.4 Å². The Kier molecular flexibility index (Phi) is 5.49. The van der Waals surface area contributed by atoms with E-state index in [2.05, 4.69) is 17.1 Å². The number of benzene rings is 1. The number of rotatable bonds is 5. The molecule has 0 amide bonds. The predicted octanol–water partition coefficient (Wildman–Crippen LogP) is 3.32. The second kappa shape index (κ2) is 7.14. The van der Waals surface area contributed by atoms with Crippen molar-refractivity contribution in [3.63, 3.8) is 0 Å². The van der Waals surface area contributed by atoms with Gasteiger partial charge in [0.25, 0.3) is 0 Å². The van der Waals surface area contributed by atoms with Crippen LogP contribution in [0.4, 0.5) is 8.78 Å². The van der Waals surface area contributed by atoms with E-state index in [0.29, 0.717) is 18.6 Å². The molecule has 4 heteroatoms. The van der Waals surface area contributed by atoms with Crippen molar-refractivity contribution in [3.05, 3.63) is 35.4 Å². The standard InChI is InChI=1S/C16H24F2N2/c1-3-19-12-7-9-13(10-8-12)20(2)11-14-15(17)5-4-6-16(14)18/h4-6,12-13,19H,3,7-11H2,1-2H3. The highest BCUT2D eigenvalue weighted by molar-refractivity contribution is 5.19. The van der Waals surface area contributed by atoms with Gasteiger partial charge in [0.2, 0.25) is 0 Å². The highest BCUT2D eigenvalue weighted by atomic mass is 19.1. The van der Waals surface area contributed by atoms with E-state index in [1.165, 1.54) is 18.2 Å². The van der Waals surface area contributed by atoms with Gasteiger partial charge < -0.3 is 5.32 Å². The summed E-state index contributed by atoms with van der Waals surface area (Å²) in [7, 11) is 1.96. The van der Waals surface area contributed by atoms with E-state index in [4.69, 9.17) is 0 Å². The minimum atomic E-state index is -0.446. The van der Waals surface area contributed by atoms with Crippen molar-refractivity contribution in [2.24, 2.45) is 0 Å². The number of nitrogens with zero attached hydrogens (tertiary/aromatic N) is 1. The van der Waals surface area contributed by atoms with Crippen molar-refractivity contribution in [1.29, 1.82) is 0 Å². The lowest BCUT2D eigenvalue weighted by atomic mass is 9.90. The van der Waals surface area contributed by atoms with Crippen LogP contribution in [-0.2, 0) is 6.54 Å². The Hall–Kier alpha value is -1.00. The number of nitrogens with one attached hydrogen (secondary N) is 1. The van der Waals surface area contributed by atoms with Crippen molar-refractivity contribution < 1.29 is 8.78 Å². The van der Waals surface area contributed by atoms with Crippen LogP contribution in [0, 0.1) is 11.6 Å². The molecule has 0 heterocycles. The number of halogens is 2. The average Bonchev–Trinajstić information content (AvgIpc) is 2.44. The molecule has 112 valence electrons. The normalized spacial score (nSPS) is 23.2. The molecule has 20 heavy (non-hydrogen) atoms.